The minimum atomic E-state index is -2.90. The molecule has 140 valence electrons. The molecule has 1 heterocycles. The van der Waals surface area contributed by atoms with E-state index in [4.69, 9.17) is 0 Å². The van der Waals surface area contributed by atoms with Crippen molar-refractivity contribution in [1.82, 2.24) is 15.3 Å². The molecule has 2 N–H and O–H groups in total. The number of para-hydroxylation sites is 1. The number of nitrogens with zero attached hydrogens (tertiary/aromatic N) is 1. The fourth-order valence-corrected chi connectivity index (χ4v) is 2.61. The number of aryl methyl sites for hydroxylation is 1. The number of hydrogen-bond acceptors (Lipinski definition) is 4. The summed E-state index contributed by atoms with van der Waals surface area (Å²) >= 11 is 0. The minimum absolute atomic E-state index is 0.0367. The number of fused-ring (bicyclic) bond motifs is 1. The molecule has 1 amide bonds. The van der Waals surface area contributed by atoms with Gasteiger partial charge in [0.1, 0.15) is 11.6 Å². The molecule has 3 aromatic rings. The number of nitrogens with one attached hydrogen (secondary N) is 2. The van der Waals surface area contributed by atoms with E-state index in [1.807, 2.05) is 0 Å². The molecule has 0 fully saturated rings. The number of amides is 1. The Hall–Kier alpha value is -3.29. The minimum Gasteiger partial charge on any atom is -0.435 e. The highest BCUT2D eigenvalue weighted by Crippen LogP contribution is 2.15. The van der Waals surface area contributed by atoms with E-state index < -0.39 is 6.61 Å². The largest absolute Gasteiger partial charge is 0.435 e. The first kappa shape index (κ1) is 18.5. The van der Waals surface area contributed by atoms with Crippen LogP contribution in [0.3, 0.4) is 0 Å². The molecule has 3 rings (SSSR count). The number of carbonyl (C=O) groups is 1. The van der Waals surface area contributed by atoms with Gasteiger partial charge in [-0.2, -0.15) is 8.78 Å². The Kier molecular flexibility index (Phi) is 5.75. The fraction of sp³-hybridized carbons (Fsp3) is 0.211. The van der Waals surface area contributed by atoms with Gasteiger partial charge in [0.25, 0.3) is 5.56 Å². The van der Waals surface area contributed by atoms with Crippen molar-refractivity contribution in [3.05, 3.63) is 70.3 Å². The predicted octanol–water partition coefficient (Wildman–Crippen LogP) is 2.77. The summed E-state index contributed by atoms with van der Waals surface area (Å²) in [6.07, 6.45) is 0.412. The van der Waals surface area contributed by atoms with Gasteiger partial charge in [-0.05, 0) is 29.8 Å². The molecule has 0 bridgehead atoms. The number of aromatic nitrogens is 2. The van der Waals surface area contributed by atoms with Crippen LogP contribution in [-0.4, -0.2) is 22.5 Å². The van der Waals surface area contributed by atoms with Gasteiger partial charge in [-0.25, -0.2) is 4.98 Å². The third-order valence-corrected chi connectivity index (χ3v) is 3.86. The van der Waals surface area contributed by atoms with Crippen molar-refractivity contribution in [2.24, 2.45) is 0 Å². The third-order valence-electron chi connectivity index (χ3n) is 3.86. The van der Waals surface area contributed by atoms with Crippen LogP contribution in [-0.2, 0) is 17.8 Å². The lowest BCUT2D eigenvalue weighted by Gasteiger charge is -2.08. The fourth-order valence-electron chi connectivity index (χ4n) is 2.61. The van der Waals surface area contributed by atoms with E-state index in [9.17, 15) is 18.4 Å². The number of aromatic amines is 1. The van der Waals surface area contributed by atoms with Crippen LogP contribution in [0.1, 0.15) is 17.8 Å². The van der Waals surface area contributed by atoms with Gasteiger partial charge < -0.3 is 15.0 Å². The Labute approximate surface area is 153 Å². The number of H-pyrrole nitrogens is 1. The topological polar surface area (TPSA) is 84.1 Å². The summed E-state index contributed by atoms with van der Waals surface area (Å²) in [5.74, 6) is 0.224. The maximum atomic E-state index is 12.2. The highest BCUT2D eigenvalue weighted by molar-refractivity contribution is 5.78. The van der Waals surface area contributed by atoms with Crippen LogP contribution in [0.25, 0.3) is 10.9 Å². The first-order valence-corrected chi connectivity index (χ1v) is 8.29. The zero-order valence-corrected chi connectivity index (χ0v) is 14.2. The summed E-state index contributed by atoms with van der Waals surface area (Å²) < 4.78 is 28.8. The summed E-state index contributed by atoms with van der Waals surface area (Å²) in [5, 5.41) is 3.20. The Morgan fingerprint density at radius 1 is 1.19 bits per heavy atom. The lowest BCUT2D eigenvalue weighted by molar-refractivity contribution is -0.121. The molecule has 0 unspecified atom stereocenters. The second kappa shape index (κ2) is 8.39. The molecule has 27 heavy (non-hydrogen) atoms. The van der Waals surface area contributed by atoms with E-state index >= 15 is 0 Å². The molecule has 0 aliphatic heterocycles. The van der Waals surface area contributed by atoms with Crippen molar-refractivity contribution >= 4 is 16.8 Å². The van der Waals surface area contributed by atoms with Gasteiger partial charge in [0.05, 0.1) is 10.9 Å². The molecule has 2 aromatic carbocycles. The highest BCUT2D eigenvalue weighted by Gasteiger charge is 2.08. The summed E-state index contributed by atoms with van der Waals surface area (Å²) in [5.41, 5.74) is 0.970. The van der Waals surface area contributed by atoms with Crippen LogP contribution in [0, 0.1) is 0 Å². The van der Waals surface area contributed by atoms with Crippen molar-refractivity contribution in [2.45, 2.75) is 26.0 Å². The number of carbonyl (C=O) groups excluding carboxylic acids is 1. The maximum absolute atomic E-state index is 12.2. The molecule has 0 aliphatic carbocycles. The molecule has 0 saturated carbocycles. The quantitative estimate of drug-likeness (QED) is 0.667. The van der Waals surface area contributed by atoms with Crippen LogP contribution in [0.4, 0.5) is 8.78 Å². The lowest BCUT2D eigenvalue weighted by atomic mass is 10.2. The number of ether oxygens (including phenoxy) is 1. The monoisotopic (exact) mass is 373 g/mol. The standard InChI is InChI=1S/C19H17F2N3O3/c20-19(21)27-13-5-3-4-12(10-13)11-22-17(25)9-8-16-23-15-7-2-1-6-14(15)18(26)24-16/h1-7,10,19H,8-9,11H2,(H,22,25)(H,23,24,26). The normalized spacial score (nSPS) is 10.9. The molecule has 8 heteroatoms. The molecular weight excluding hydrogens is 356 g/mol. The highest BCUT2D eigenvalue weighted by atomic mass is 19.3. The van der Waals surface area contributed by atoms with Crippen molar-refractivity contribution in [3.63, 3.8) is 0 Å². The van der Waals surface area contributed by atoms with E-state index in [0.717, 1.165) is 0 Å². The maximum Gasteiger partial charge on any atom is 0.387 e. The molecular formula is C19H17F2N3O3. The van der Waals surface area contributed by atoms with Crippen molar-refractivity contribution < 1.29 is 18.3 Å². The Morgan fingerprint density at radius 2 is 2.00 bits per heavy atom. The van der Waals surface area contributed by atoms with Gasteiger partial charge in [-0.1, -0.05) is 24.3 Å². The predicted molar refractivity (Wildman–Crippen MR) is 95.6 cm³/mol. The lowest BCUT2D eigenvalue weighted by Crippen LogP contribution is -2.23. The van der Waals surface area contributed by atoms with Crippen LogP contribution in [0.5, 0.6) is 5.75 Å². The number of halogens is 2. The number of rotatable bonds is 7. The van der Waals surface area contributed by atoms with Gasteiger partial charge >= 0.3 is 6.61 Å². The number of hydrogen-bond donors (Lipinski definition) is 2. The van der Waals surface area contributed by atoms with E-state index in [2.05, 4.69) is 20.0 Å². The molecule has 0 atom stereocenters. The van der Waals surface area contributed by atoms with Crippen molar-refractivity contribution in [3.8, 4) is 5.75 Å². The number of alkyl halides is 2. The molecule has 1 aromatic heterocycles. The first-order valence-electron chi connectivity index (χ1n) is 8.29. The summed E-state index contributed by atoms with van der Waals surface area (Å²) in [4.78, 5) is 31.0. The van der Waals surface area contributed by atoms with Gasteiger partial charge in [0.2, 0.25) is 5.91 Å². The van der Waals surface area contributed by atoms with E-state index in [1.165, 1.54) is 12.1 Å². The average Bonchev–Trinajstić information content (AvgIpc) is 2.64. The van der Waals surface area contributed by atoms with E-state index in [0.29, 0.717) is 22.3 Å². The Balaban J connectivity index is 1.55. The van der Waals surface area contributed by atoms with Gasteiger partial charge in [0, 0.05) is 19.4 Å². The molecule has 0 aliphatic rings. The zero-order chi connectivity index (χ0) is 19.2. The molecule has 0 saturated heterocycles. The van der Waals surface area contributed by atoms with Crippen LogP contribution < -0.4 is 15.6 Å². The smallest absolute Gasteiger partial charge is 0.387 e. The van der Waals surface area contributed by atoms with Crippen LogP contribution in [0.2, 0.25) is 0 Å². The number of benzene rings is 2. The Morgan fingerprint density at radius 3 is 2.81 bits per heavy atom. The van der Waals surface area contributed by atoms with Crippen molar-refractivity contribution in [1.29, 1.82) is 0 Å². The van der Waals surface area contributed by atoms with Crippen LogP contribution in [0.15, 0.2) is 53.3 Å². The SMILES string of the molecule is O=C(CCc1nc2ccccc2c(=O)[nH]1)NCc1cccc(OC(F)F)c1. The summed E-state index contributed by atoms with van der Waals surface area (Å²) in [6.45, 7) is -2.72. The summed E-state index contributed by atoms with van der Waals surface area (Å²) in [7, 11) is 0. The molecule has 0 spiro atoms. The second-order valence-electron chi connectivity index (χ2n) is 5.83. The first-order chi connectivity index (χ1) is 13.0. The van der Waals surface area contributed by atoms with E-state index in [1.54, 1.807) is 36.4 Å². The molecule has 6 nitrogen and oxygen atoms in total. The van der Waals surface area contributed by atoms with Crippen molar-refractivity contribution in [2.75, 3.05) is 0 Å². The second-order valence-corrected chi connectivity index (χ2v) is 5.83. The molecule has 0 radical (unpaired) electrons. The van der Waals surface area contributed by atoms with Crippen LogP contribution >= 0.6 is 0 Å². The summed E-state index contributed by atoms with van der Waals surface area (Å²) in [6, 6.07) is 13.1. The van der Waals surface area contributed by atoms with Gasteiger partial charge in [-0.15, -0.1) is 0 Å². The Bertz CT molecular complexity index is 1000. The van der Waals surface area contributed by atoms with Gasteiger partial charge in [-0.3, -0.25) is 9.59 Å². The zero-order valence-electron chi connectivity index (χ0n) is 14.2. The third kappa shape index (κ3) is 5.10. The van der Waals surface area contributed by atoms with E-state index in [-0.39, 0.29) is 36.6 Å². The van der Waals surface area contributed by atoms with Gasteiger partial charge in [0.15, 0.2) is 0 Å². The average molecular weight is 373 g/mol.